The number of aryl methyl sites for hydroxylation is 2. The number of hydrogen-bond acceptors (Lipinski definition) is 2. The molecule has 0 spiro atoms. The number of aliphatic hydroxyl groups is 1. The van der Waals surface area contributed by atoms with Gasteiger partial charge in [-0.1, -0.05) is 18.2 Å². The zero-order chi connectivity index (χ0) is 9.97. The molecule has 1 atom stereocenters. The summed E-state index contributed by atoms with van der Waals surface area (Å²) in [5, 5.41) is 8.81. The Balaban J connectivity index is 2.19. The molecule has 0 saturated heterocycles. The van der Waals surface area contributed by atoms with Crippen molar-refractivity contribution in [1.82, 2.24) is 0 Å². The van der Waals surface area contributed by atoms with Crippen molar-refractivity contribution < 1.29 is 5.11 Å². The van der Waals surface area contributed by atoms with Crippen LogP contribution in [0.25, 0.3) is 0 Å². The monoisotopic (exact) mass is 191 g/mol. The Morgan fingerprint density at radius 2 is 2.07 bits per heavy atom. The number of fused-ring (bicyclic) bond motifs is 1. The van der Waals surface area contributed by atoms with Crippen LogP contribution in [0.1, 0.15) is 35.6 Å². The molecule has 1 aromatic rings. The van der Waals surface area contributed by atoms with Crippen LogP contribution >= 0.6 is 0 Å². The first kappa shape index (κ1) is 9.69. The average Bonchev–Trinajstić information content (AvgIpc) is 2.64. The van der Waals surface area contributed by atoms with Gasteiger partial charge in [-0.05, 0) is 42.4 Å². The molecule has 14 heavy (non-hydrogen) atoms. The van der Waals surface area contributed by atoms with Crippen LogP contribution in [0.15, 0.2) is 18.2 Å². The minimum Gasteiger partial charge on any atom is -0.396 e. The van der Waals surface area contributed by atoms with E-state index in [1.54, 1.807) is 0 Å². The Morgan fingerprint density at radius 3 is 2.86 bits per heavy atom. The second-order valence-corrected chi connectivity index (χ2v) is 4.00. The minimum atomic E-state index is -0.00843. The van der Waals surface area contributed by atoms with Gasteiger partial charge in [-0.3, -0.25) is 0 Å². The highest BCUT2D eigenvalue weighted by Crippen LogP contribution is 2.25. The van der Waals surface area contributed by atoms with E-state index < -0.39 is 0 Å². The first-order chi connectivity index (χ1) is 6.81. The summed E-state index contributed by atoms with van der Waals surface area (Å²) in [7, 11) is 0. The molecule has 3 N–H and O–H groups in total. The quantitative estimate of drug-likeness (QED) is 0.761. The lowest BCUT2D eigenvalue weighted by molar-refractivity contribution is 0.276. The summed E-state index contributed by atoms with van der Waals surface area (Å²) < 4.78 is 0. The van der Waals surface area contributed by atoms with Gasteiger partial charge in [0, 0.05) is 12.6 Å². The molecule has 0 aromatic heterocycles. The third kappa shape index (κ3) is 1.81. The van der Waals surface area contributed by atoms with Gasteiger partial charge in [0.1, 0.15) is 0 Å². The number of rotatable bonds is 3. The van der Waals surface area contributed by atoms with Crippen LogP contribution in [0.4, 0.5) is 0 Å². The van der Waals surface area contributed by atoms with E-state index in [4.69, 9.17) is 10.8 Å². The fourth-order valence-electron chi connectivity index (χ4n) is 2.13. The fraction of sp³-hybridized carbons (Fsp3) is 0.500. The molecule has 0 heterocycles. The Labute approximate surface area is 84.7 Å². The molecular formula is C12H17NO. The summed E-state index contributed by atoms with van der Waals surface area (Å²) in [6.07, 6.45) is 4.33. The minimum absolute atomic E-state index is 0.00843. The fourth-order valence-corrected chi connectivity index (χ4v) is 2.13. The highest BCUT2D eigenvalue weighted by Gasteiger charge is 2.13. The zero-order valence-corrected chi connectivity index (χ0v) is 8.37. The largest absolute Gasteiger partial charge is 0.396 e. The Bertz CT molecular complexity index is 322. The van der Waals surface area contributed by atoms with Crippen LogP contribution in [-0.4, -0.2) is 11.7 Å². The van der Waals surface area contributed by atoms with Crippen molar-refractivity contribution in [3.8, 4) is 0 Å². The normalized spacial score (nSPS) is 16.7. The summed E-state index contributed by atoms with van der Waals surface area (Å²) in [5.74, 6) is 0. The van der Waals surface area contributed by atoms with Crippen LogP contribution < -0.4 is 5.73 Å². The second-order valence-electron chi connectivity index (χ2n) is 4.00. The van der Waals surface area contributed by atoms with Crippen LogP contribution in [0.3, 0.4) is 0 Å². The number of aliphatic hydroxyl groups excluding tert-OH is 1. The molecule has 76 valence electrons. The molecule has 0 fully saturated rings. The predicted octanol–water partition coefficient (Wildman–Crippen LogP) is 1.56. The molecule has 0 amide bonds. The van der Waals surface area contributed by atoms with Gasteiger partial charge in [-0.15, -0.1) is 0 Å². The standard InChI is InChI=1S/C12H17NO/c13-12(6-7-14)11-5-4-9-2-1-3-10(9)8-11/h4-5,8,12,14H,1-3,6-7,13H2/t12-/m1/s1. The third-order valence-corrected chi connectivity index (χ3v) is 2.99. The molecule has 0 unspecified atom stereocenters. The smallest absolute Gasteiger partial charge is 0.0449 e. The molecule has 1 aromatic carbocycles. The number of benzene rings is 1. The summed E-state index contributed by atoms with van der Waals surface area (Å²) >= 11 is 0. The average molecular weight is 191 g/mol. The predicted molar refractivity (Wildman–Crippen MR) is 57.1 cm³/mol. The highest BCUT2D eigenvalue weighted by atomic mass is 16.3. The SMILES string of the molecule is N[C@H](CCO)c1ccc2c(c1)CCC2. The molecule has 1 aliphatic carbocycles. The maximum Gasteiger partial charge on any atom is 0.0449 e. The van der Waals surface area contributed by atoms with E-state index in [0.717, 1.165) is 0 Å². The molecule has 2 nitrogen and oxygen atoms in total. The second kappa shape index (κ2) is 4.11. The van der Waals surface area contributed by atoms with Gasteiger partial charge >= 0.3 is 0 Å². The highest BCUT2D eigenvalue weighted by molar-refractivity contribution is 5.36. The topological polar surface area (TPSA) is 46.2 Å². The maximum atomic E-state index is 8.81. The summed E-state index contributed by atoms with van der Waals surface area (Å²) in [6.45, 7) is 0.165. The van der Waals surface area contributed by atoms with E-state index in [-0.39, 0.29) is 12.6 Å². The van der Waals surface area contributed by atoms with Crippen molar-refractivity contribution in [2.45, 2.75) is 31.7 Å². The molecule has 0 aliphatic heterocycles. The van der Waals surface area contributed by atoms with Gasteiger partial charge in [0.15, 0.2) is 0 Å². The molecule has 0 radical (unpaired) electrons. The molecule has 2 rings (SSSR count). The van der Waals surface area contributed by atoms with Crippen molar-refractivity contribution in [3.63, 3.8) is 0 Å². The van der Waals surface area contributed by atoms with E-state index in [2.05, 4.69) is 18.2 Å². The van der Waals surface area contributed by atoms with Crippen molar-refractivity contribution in [2.75, 3.05) is 6.61 Å². The van der Waals surface area contributed by atoms with Crippen LogP contribution in [0.5, 0.6) is 0 Å². The van der Waals surface area contributed by atoms with E-state index in [9.17, 15) is 0 Å². The van der Waals surface area contributed by atoms with Gasteiger partial charge in [-0.2, -0.15) is 0 Å². The third-order valence-electron chi connectivity index (χ3n) is 2.99. The van der Waals surface area contributed by atoms with Gasteiger partial charge in [0.25, 0.3) is 0 Å². The van der Waals surface area contributed by atoms with E-state index in [1.165, 1.54) is 36.0 Å². The zero-order valence-electron chi connectivity index (χ0n) is 8.37. The Kier molecular flexibility index (Phi) is 2.85. The van der Waals surface area contributed by atoms with Crippen molar-refractivity contribution >= 4 is 0 Å². The first-order valence-electron chi connectivity index (χ1n) is 5.29. The van der Waals surface area contributed by atoms with Gasteiger partial charge in [0.2, 0.25) is 0 Å². The Morgan fingerprint density at radius 1 is 1.29 bits per heavy atom. The van der Waals surface area contributed by atoms with Crippen molar-refractivity contribution in [1.29, 1.82) is 0 Å². The van der Waals surface area contributed by atoms with Crippen LogP contribution in [-0.2, 0) is 12.8 Å². The summed E-state index contributed by atoms with van der Waals surface area (Å²) in [4.78, 5) is 0. The molecular weight excluding hydrogens is 174 g/mol. The first-order valence-corrected chi connectivity index (χ1v) is 5.29. The van der Waals surface area contributed by atoms with Gasteiger partial charge in [0.05, 0.1) is 0 Å². The number of nitrogens with two attached hydrogens (primary N) is 1. The Hall–Kier alpha value is -0.860. The van der Waals surface area contributed by atoms with Crippen molar-refractivity contribution in [2.24, 2.45) is 5.73 Å². The summed E-state index contributed by atoms with van der Waals surface area (Å²) in [6, 6.07) is 6.49. The molecule has 0 saturated carbocycles. The van der Waals surface area contributed by atoms with E-state index >= 15 is 0 Å². The van der Waals surface area contributed by atoms with Gasteiger partial charge < -0.3 is 10.8 Å². The molecule has 1 aliphatic rings. The maximum absolute atomic E-state index is 8.81. The van der Waals surface area contributed by atoms with Crippen LogP contribution in [0.2, 0.25) is 0 Å². The lowest BCUT2D eigenvalue weighted by Gasteiger charge is -2.11. The molecule has 2 heteroatoms. The van der Waals surface area contributed by atoms with Gasteiger partial charge in [-0.25, -0.2) is 0 Å². The van der Waals surface area contributed by atoms with Crippen molar-refractivity contribution in [3.05, 3.63) is 34.9 Å². The van der Waals surface area contributed by atoms with E-state index in [0.29, 0.717) is 6.42 Å². The lowest BCUT2D eigenvalue weighted by Crippen LogP contribution is -2.12. The van der Waals surface area contributed by atoms with E-state index in [1.807, 2.05) is 0 Å². The summed E-state index contributed by atoms with van der Waals surface area (Å²) in [5.41, 5.74) is 10.0. The van der Waals surface area contributed by atoms with Crippen LogP contribution in [0, 0.1) is 0 Å². The molecule has 0 bridgehead atoms. The lowest BCUT2D eigenvalue weighted by atomic mass is 10.00. The number of hydrogen-bond donors (Lipinski definition) is 2.